The summed E-state index contributed by atoms with van der Waals surface area (Å²) in [6, 6.07) is 12.6. The Morgan fingerprint density at radius 2 is 1.97 bits per heavy atom. The number of carbonyl (C=O) groups is 1. The van der Waals surface area contributed by atoms with Gasteiger partial charge in [-0.2, -0.15) is 0 Å². The van der Waals surface area contributed by atoms with Crippen molar-refractivity contribution < 1.29 is 9.21 Å². The Morgan fingerprint density at radius 1 is 1.11 bits per heavy atom. The Bertz CT molecular complexity index is 1490. The third-order valence-electron chi connectivity index (χ3n) is 6.69. The normalized spacial score (nSPS) is 15.6. The molecule has 178 valence electrons. The van der Waals surface area contributed by atoms with Gasteiger partial charge in [0.2, 0.25) is 11.8 Å². The van der Waals surface area contributed by atoms with Crippen LogP contribution in [-0.4, -0.2) is 36.6 Å². The highest BCUT2D eigenvalue weighted by Crippen LogP contribution is 2.31. The number of nitrogens with zero attached hydrogens (tertiary/aromatic N) is 5. The molecule has 2 aliphatic rings. The fraction of sp³-hybridized carbons (Fsp3) is 0.346. The maximum absolute atomic E-state index is 13.5. The SMILES string of the molecule is O=C(c1ccc2c(=O)n3c(nc2c1)CCCCC3)N(Cc1nnc(-c2ccccc2Cl)o1)C1CC1. The average molecular weight is 490 g/mol. The van der Waals surface area contributed by atoms with Gasteiger partial charge in [0.25, 0.3) is 11.5 Å². The van der Waals surface area contributed by atoms with Crippen LogP contribution in [0.5, 0.6) is 0 Å². The lowest BCUT2D eigenvalue weighted by atomic mass is 10.1. The zero-order valence-electron chi connectivity index (χ0n) is 19.1. The highest BCUT2D eigenvalue weighted by molar-refractivity contribution is 6.33. The van der Waals surface area contributed by atoms with E-state index in [1.54, 1.807) is 33.7 Å². The van der Waals surface area contributed by atoms with Crippen molar-refractivity contribution in [3.05, 3.63) is 75.1 Å². The number of halogens is 1. The molecule has 1 fully saturated rings. The van der Waals surface area contributed by atoms with Crippen molar-refractivity contribution in [2.45, 2.75) is 57.7 Å². The van der Waals surface area contributed by atoms with E-state index in [4.69, 9.17) is 21.0 Å². The van der Waals surface area contributed by atoms with Crippen molar-refractivity contribution in [3.63, 3.8) is 0 Å². The van der Waals surface area contributed by atoms with Gasteiger partial charge in [-0.15, -0.1) is 10.2 Å². The Balaban J connectivity index is 1.29. The van der Waals surface area contributed by atoms with E-state index in [9.17, 15) is 9.59 Å². The highest BCUT2D eigenvalue weighted by Gasteiger charge is 2.34. The molecule has 0 spiro atoms. The van der Waals surface area contributed by atoms with E-state index in [1.165, 1.54) is 0 Å². The van der Waals surface area contributed by atoms with Crippen molar-refractivity contribution in [3.8, 4) is 11.5 Å². The number of hydrogen-bond acceptors (Lipinski definition) is 6. The molecule has 1 saturated carbocycles. The quantitative estimate of drug-likeness (QED) is 0.405. The molecule has 6 rings (SSSR count). The molecule has 2 aromatic carbocycles. The molecule has 0 bridgehead atoms. The number of benzene rings is 2. The van der Waals surface area contributed by atoms with Gasteiger partial charge in [0.15, 0.2) is 0 Å². The van der Waals surface area contributed by atoms with E-state index in [0.717, 1.165) is 44.3 Å². The van der Waals surface area contributed by atoms with Crippen LogP contribution in [0.15, 0.2) is 51.7 Å². The molecule has 0 radical (unpaired) electrons. The van der Waals surface area contributed by atoms with E-state index in [-0.39, 0.29) is 24.1 Å². The number of carbonyl (C=O) groups excluding carboxylic acids is 1. The second kappa shape index (κ2) is 8.92. The lowest BCUT2D eigenvalue weighted by Gasteiger charge is -2.21. The summed E-state index contributed by atoms with van der Waals surface area (Å²) in [5.74, 6) is 1.35. The van der Waals surface area contributed by atoms with Crippen molar-refractivity contribution in [1.82, 2.24) is 24.6 Å². The monoisotopic (exact) mass is 489 g/mol. The van der Waals surface area contributed by atoms with E-state index in [1.807, 2.05) is 18.2 Å². The minimum absolute atomic E-state index is 0.0251. The molecule has 4 aromatic rings. The Labute approximate surface area is 206 Å². The summed E-state index contributed by atoms with van der Waals surface area (Å²) < 4.78 is 7.64. The summed E-state index contributed by atoms with van der Waals surface area (Å²) in [7, 11) is 0. The van der Waals surface area contributed by atoms with Crippen LogP contribution in [-0.2, 0) is 19.5 Å². The van der Waals surface area contributed by atoms with Gasteiger partial charge >= 0.3 is 0 Å². The average Bonchev–Trinajstić information content (AvgIpc) is 3.65. The molecule has 0 N–H and O–H groups in total. The molecule has 2 aromatic heterocycles. The number of fused-ring (bicyclic) bond motifs is 2. The Kier molecular flexibility index (Phi) is 5.60. The molecule has 3 heterocycles. The summed E-state index contributed by atoms with van der Waals surface area (Å²) in [6.45, 7) is 0.910. The zero-order chi connectivity index (χ0) is 23.9. The summed E-state index contributed by atoms with van der Waals surface area (Å²) >= 11 is 6.25. The number of amides is 1. The Morgan fingerprint density at radius 3 is 2.80 bits per heavy atom. The molecular formula is C26H24ClN5O3. The van der Waals surface area contributed by atoms with Gasteiger partial charge < -0.3 is 9.32 Å². The van der Waals surface area contributed by atoms with Gasteiger partial charge in [0.05, 0.1) is 28.0 Å². The smallest absolute Gasteiger partial charge is 0.261 e. The molecule has 8 nitrogen and oxygen atoms in total. The lowest BCUT2D eigenvalue weighted by molar-refractivity contribution is 0.0714. The van der Waals surface area contributed by atoms with Gasteiger partial charge in [0.1, 0.15) is 5.82 Å². The first-order valence-corrected chi connectivity index (χ1v) is 12.4. The fourth-order valence-corrected chi connectivity index (χ4v) is 4.89. The third-order valence-corrected chi connectivity index (χ3v) is 7.02. The lowest BCUT2D eigenvalue weighted by Crippen LogP contribution is -2.33. The topological polar surface area (TPSA) is 94.1 Å². The molecule has 1 aliphatic carbocycles. The van der Waals surface area contributed by atoms with Crippen LogP contribution < -0.4 is 5.56 Å². The molecule has 0 saturated heterocycles. The molecule has 1 aliphatic heterocycles. The highest BCUT2D eigenvalue weighted by atomic mass is 35.5. The predicted molar refractivity (Wildman–Crippen MR) is 131 cm³/mol. The first-order valence-electron chi connectivity index (χ1n) is 12.0. The largest absolute Gasteiger partial charge is 0.419 e. The molecule has 9 heteroatoms. The van der Waals surface area contributed by atoms with Crippen molar-refractivity contribution in [2.24, 2.45) is 0 Å². The molecule has 0 atom stereocenters. The first kappa shape index (κ1) is 22.0. The maximum Gasteiger partial charge on any atom is 0.261 e. The molecular weight excluding hydrogens is 466 g/mol. The second-order valence-electron chi connectivity index (χ2n) is 9.17. The van der Waals surface area contributed by atoms with Gasteiger partial charge in [-0.1, -0.05) is 30.2 Å². The molecule has 0 unspecified atom stereocenters. The van der Waals surface area contributed by atoms with Gasteiger partial charge in [0, 0.05) is 24.6 Å². The fourth-order valence-electron chi connectivity index (χ4n) is 4.68. The standard InChI is InChI=1S/C26H24ClN5O3/c27-20-7-4-3-6-18(20)24-30-29-23(35-24)15-32(17-10-11-17)25(33)16-9-12-19-21(14-16)28-22-8-2-1-5-13-31(22)26(19)34/h3-4,6-7,9,12,14,17H,1-2,5,8,10-11,13,15H2. The van der Waals surface area contributed by atoms with Crippen molar-refractivity contribution >= 4 is 28.4 Å². The zero-order valence-corrected chi connectivity index (χ0v) is 19.9. The maximum atomic E-state index is 13.5. The number of aromatic nitrogens is 4. The third kappa shape index (κ3) is 4.23. The van der Waals surface area contributed by atoms with Crippen LogP contribution in [0.1, 0.15) is 54.2 Å². The number of aryl methyl sites for hydroxylation is 1. The Hall–Kier alpha value is -3.52. The van der Waals surface area contributed by atoms with Gasteiger partial charge in [-0.05, 0) is 56.0 Å². The summed E-state index contributed by atoms with van der Waals surface area (Å²) in [5.41, 5.74) is 1.70. The van der Waals surface area contributed by atoms with Crippen LogP contribution >= 0.6 is 11.6 Å². The van der Waals surface area contributed by atoms with Crippen molar-refractivity contribution in [1.29, 1.82) is 0 Å². The minimum Gasteiger partial charge on any atom is -0.419 e. The number of hydrogen-bond donors (Lipinski definition) is 0. The van der Waals surface area contributed by atoms with Crippen LogP contribution in [0.3, 0.4) is 0 Å². The van der Waals surface area contributed by atoms with E-state index in [2.05, 4.69) is 10.2 Å². The number of rotatable bonds is 5. The van der Waals surface area contributed by atoms with E-state index < -0.39 is 0 Å². The van der Waals surface area contributed by atoms with Crippen LogP contribution in [0.2, 0.25) is 5.02 Å². The van der Waals surface area contributed by atoms with Gasteiger partial charge in [-0.3, -0.25) is 14.2 Å². The summed E-state index contributed by atoms with van der Waals surface area (Å²) in [4.78, 5) is 33.1. The van der Waals surface area contributed by atoms with Gasteiger partial charge in [-0.25, -0.2) is 4.98 Å². The van der Waals surface area contributed by atoms with E-state index >= 15 is 0 Å². The second-order valence-corrected chi connectivity index (χ2v) is 9.58. The van der Waals surface area contributed by atoms with Crippen LogP contribution in [0, 0.1) is 0 Å². The van der Waals surface area contributed by atoms with Crippen LogP contribution in [0.25, 0.3) is 22.4 Å². The summed E-state index contributed by atoms with van der Waals surface area (Å²) in [5, 5.41) is 9.35. The summed E-state index contributed by atoms with van der Waals surface area (Å²) in [6.07, 6.45) is 5.73. The minimum atomic E-state index is -0.135. The van der Waals surface area contributed by atoms with Crippen LogP contribution in [0.4, 0.5) is 0 Å². The predicted octanol–water partition coefficient (Wildman–Crippen LogP) is 4.63. The first-order chi connectivity index (χ1) is 17.1. The molecule has 35 heavy (non-hydrogen) atoms. The van der Waals surface area contributed by atoms with E-state index in [0.29, 0.717) is 45.4 Å². The molecule has 1 amide bonds. The van der Waals surface area contributed by atoms with Crippen molar-refractivity contribution in [2.75, 3.05) is 0 Å².